The number of aromatic nitrogens is 2. The van der Waals surface area contributed by atoms with Crippen molar-refractivity contribution in [2.45, 2.75) is 38.4 Å². The second-order valence-electron chi connectivity index (χ2n) is 6.07. The maximum Gasteiger partial charge on any atom is 0.222 e. The molecule has 0 unspecified atom stereocenters. The summed E-state index contributed by atoms with van der Waals surface area (Å²) in [6.45, 7) is 4.38. The third-order valence-electron chi connectivity index (χ3n) is 4.25. The van der Waals surface area contributed by atoms with E-state index in [0.29, 0.717) is 24.4 Å². The van der Waals surface area contributed by atoms with Gasteiger partial charge in [0.2, 0.25) is 5.91 Å². The summed E-state index contributed by atoms with van der Waals surface area (Å²) < 4.78 is 5.35. The van der Waals surface area contributed by atoms with E-state index < -0.39 is 0 Å². The van der Waals surface area contributed by atoms with Crippen LogP contribution in [0.25, 0.3) is 0 Å². The first kappa shape index (κ1) is 20.5. The summed E-state index contributed by atoms with van der Waals surface area (Å²) in [5.74, 6) is 0.779. The minimum Gasteiger partial charge on any atom is -0.496 e. The molecule has 0 aliphatic heterocycles. The van der Waals surface area contributed by atoms with E-state index in [1.807, 2.05) is 32.2 Å². The van der Waals surface area contributed by atoms with Crippen LogP contribution in [0.3, 0.4) is 0 Å². The SMILES string of the molecule is COc1ccc(Cl)cc1CN(C)C(=O)CCc1c(C)nc(SC)nc1C. The highest BCUT2D eigenvalue weighted by Gasteiger charge is 2.15. The van der Waals surface area contributed by atoms with E-state index in [-0.39, 0.29) is 5.91 Å². The van der Waals surface area contributed by atoms with E-state index in [9.17, 15) is 4.79 Å². The molecule has 0 aliphatic carbocycles. The van der Waals surface area contributed by atoms with Gasteiger partial charge in [0.25, 0.3) is 0 Å². The molecule has 0 saturated heterocycles. The summed E-state index contributed by atoms with van der Waals surface area (Å²) in [7, 11) is 3.40. The number of aryl methyl sites for hydroxylation is 2. The maximum absolute atomic E-state index is 12.6. The van der Waals surface area contributed by atoms with Crippen LogP contribution in [0.15, 0.2) is 23.4 Å². The molecule has 0 atom stereocenters. The Kier molecular flexibility index (Phi) is 7.29. The van der Waals surface area contributed by atoms with Crippen molar-refractivity contribution in [1.29, 1.82) is 0 Å². The molecule has 0 aliphatic rings. The summed E-state index contributed by atoms with van der Waals surface area (Å²) in [4.78, 5) is 23.2. The second-order valence-corrected chi connectivity index (χ2v) is 7.28. The Morgan fingerprint density at radius 3 is 2.50 bits per heavy atom. The van der Waals surface area contributed by atoms with Gasteiger partial charge in [-0.05, 0) is 50.3 Å². The van der Waals surface area contributed by atoms with E-state index in [2.05, 4.69) is 9.97 Å². The zero-order valence-corrected chi connectivity index (χ0v) is 17.4. The van der Waals surface area contributed by atoms with E-state index in [0.717, 1.165) is 33.4 Å². The van der Waals surface area contributed by atoms with Crippen LogP contribution in [-0.4, -0.2) is 41.2 Å². The number of carbonyl (C=O) groups is 1. The Morgan fingerprint density at radius 1 is 1.27 bits per heavy atom. The van der Waals surface area contributed by atoms with Crippen molar-refractivity contribution in [1.82, 2.24) is 14.9 Å². The van der Waals surface area contributed by atoms with Gasteiger partial charge < -0.3 is 9.64 Å². The van der Waals surface area contributed by atoms with E-state index >= 15 is 0 Å². The Hall–Kier alpha value is -1.79. The normalized spacial score (nSPS) is 10.7. The molecule has 7 heteroatoms. The van der Waals surface area contributed by atoms with Crippen LogP contribution >= 0.6 is 23.4 Å². The molecule has 0 fully saturated rings. The van der Waals surface area contributed by atoms with E-state index in [1.165, 1.54) is 11.8 Å². The number of hydrogen-bond donors (Lipinski definition) is 0. The maximum atomic E-state index is 12.6. The lowest BCUT2D eigenvalue weighted by molar-refractivity contribution is -0.130. The van der Waals surface area contributed by atoms with Crippen molar-refractivity contribution in [2.75, 3.05) is 20.4 Å². The highest BCUT2D eigenvalue weighted by molar-refractivity contribution is 7.98. The van der Waals surface area contributed by atoms with Gasteiger partial charge in [-0.25, -0.2) is 9.97 Å². The number of amides is 1. The average Bonchev–Trinajstić information content (AvgIpc) is 2.60. The van der Waals surface area contributed by atoms with E-state index in [1.54, 1.807) is 25.1 Å². The van der Waals surface area contributed by atoms with Crippen molar-refractivity contribution >= 4 is 29.3 Å². The molecule has 140 valence electrons. The summed E-state index contributed by atoms with van der Waals surface area (Å²) in [6, 6.07) is 5.41. The first-order valence-electron chi connectivity index (χ1n) is 8.30. The van der Waals surface area contributed by atoms with Crippen molar-refractivity contribution < 1.29 is 9.53 Å². The van der Waals surface area contributed by atoms with Crippen LogP contribution in [0.1, 0.15) is 28.9 Å². The van der Waals surface area contributed by atoms with Crippen LogP contribution in [0.4, 0.5) is 0 Å². The number of halogens is 1. The molecule has 26 heavy (non-hydrogen) atoms. The van der Waals surface area contributed by atoms with Crippen molar-refractivity contribution in [3.63, 3.8) is 0 Å². The van der Waals surface area contributed by atoms with Gasteiger partial charge in [0.15, 0.2) is 5.16 Å². The quantitative estimate of drug-likeness (QED) is 0.524. The van der Waals surface area contributed by atoms with Gasteiger partial charge >= 0.3 is 0 Å². The smallest absolute Gasteiger partial charge is 0.222 e. The Morgan fingerprint density at radius 2 is 1.92 bits per heavy atom. The van der Waals surface area contributed by atoms with Crippen LogP contribution in [0, 0.1) is 13.8 Å². The van der Waals surface area contributed by atoms with Gasteiger partial charge in [-0.2, -0.15) is 0 Å². The number of thioether (sulfide) groups is 1. The number of benzene rings is 1. The molecule has 0 bridgehead atoms. The fourth-order valence-electron chi connectivity index (χ4n) is 2.80. The topological polar surface area (TPSA) is 55.3 Å². The number of hydrogen-bond acceptors (Lipinski definition) is 5. The van der Waals surface area contributed by atoms with Crippen LogP contribution < -0.4 is 4.74 Å². The largest absolute Gasteiger partial charge is 0.496 e. The molecule has 1 amide bonds. The summed E-state index contributed by atoms with van der Waals surface area (Å²) in [5, 5.41) is 1.39. The van der Waals surface area contributed by atoms with Gasteiger partial charge in [-0.1, -0.05) is 23.4 Å². The third kappa shape index (κ3) is 5.11. The first-order chi connectivity index (χ1) is 12.3. The molecule has 2 rings (SSSR count). The number of carbonyl (C=O) groups excluding carboxylic acids is 1. The highest BCUT2D eigenvalue weighted by Crippen LogP contribution is 2.24. The Balaban J connectivity index is 2.03. The monoisotopic (exact) mass is 393 g/mol. The first-order valence-corrected chi connectivity index (χ1v) is 9.90. The minimum absolute atomic E-state index is 0.0553. The fourth-order valence-corrected chi connectivity index (χ4v) is 3.45. The van der Waals surface area contributed by atoms with Crippen LogP contribution in [0.5, 0.6) is 5.75 Å². The number of nitrogens with zero attached hydrogens (tertiary/aromatic N) is 3. The lowest BCUT2D eigenvalue weighted by Crippen LogP contribution is -2.26. The minimum atomic E-state index is 0.0553. The molecular weight excluding hydrogens is 370 g/mol. The Labute approximate surface area is 164 Å². The molecule has 0 radical (unpaired) electrons. The zero-order chi connectivity index (χ0) is 19.3. The summed E-state index contributed by atoms with van der Waals surface area (Å²) >= 11 is 7.58. The summed E-state index contributed by atoms with van der Waals surface area (Å²) in [6.07, 6.45) is 2.99. The highest BCUT2D eigenvalue weighted by atomic mass is 35.5. The lowest BCUT2D eigenvalue weighted by Gasteiger charge is -2.19. The third-order valence-corrected chi connectivity index (χ3v) is 5.03. The van der Waals surface area contributed by atoms with Gasteiger partial charge in [0, 0.05) is 42.0 Å². The van der Waals surface area contributed by atoms with Crippen molar-refractivity contribution in [3.8, 4) is 5.75 Å². The predicted molar refractivity (Wildman–Crippen MR) is 106 cm³/mol. The predicted octanol–water partition coefficient (Wildman–Crippen LogP) is 4.07. The van der Waals surface area contributed by atoms with E-state index in [4.69, 9.17) is 16.3 Å². The second kappa shape index (κ2) is 9.24. The molecule has 0 spiro atoms. The van der Waals surface area contributed by atoms with Crippen molar-refractivity contribution in [2.24, 2.45) is 0 Å². The number of rotatable bonds is 7. The molecule has 1 aromatic carbocycles. The van der Waals surface area contributed by atoms with Gasteiger partial charge in [0.05, 0.1) is 7.11 Å². The fraction of sp³-hybridized carbons (Fsp3) is 0.421. The molecule has 1 heterocycles. The van der Waals surface area contributed by atoms with Gasteiger partial charge in [0.1, 0.15) is 5.75 Å². The molecular formula is C19H24ClN3O2S. The molecule has 0 saturated carbocycles. The lowest BCUT2D eigenvalue weighted by atomic mass is 10.1. The molecule has 0 N–H and O–H groups in total. The van der Waals surface area contributed by atoms with Crippen molar-refractivity contribution in [3.05, 3.63) is 45.7 Å². The molecule has 2 aromatic rings. The Bertz CT molecular complexity index is 775. The van der Waals surface area contributed by atoms with Gasteiger partial charge in [-0.15, -0.1) is 0 Å². The molecule has 5 nitrogen and oxygen atoms in total. The summed E-state index contributed by atoms with van der Waals surface area (Å²) in [5.41, 5.74) is 3.81. The average molecular weight is 394 g/mol. The zero-order valence-electron chi connectivity index (χ0n) is 15.8. The van der Waals surface area contributed by atoms with Crippen LogP contribution in [-0.2, 0) is 17.8 Å². The standard InChI is InChI=1S/C19H24ClN3O2S/c1-12-16(13(2)22-19(21-12)26-5)7-9-18(24)23(3)11-14-10-15(20)6-8-17(14)25-4/h6,8,10H,7,9,11H2,1-5H3. The number of ether oxygens (including phenoxy) is 1. The van der Waals surface area contributed by atoms with Gasteiger partial charge in [-0.3, -0.25) is 4.79 Å². The van der Waals surface area contributed by atoms with Crippen LogP contribution in [0.2, 0.25) is 5.02 Å². The molecule has 1 aromatic heterocycles. The number of methoxy groups -OCH3 is 1.